The Balaban J connectivity index is 1.69. The number of carbonyl (C=O) groups excluding carboxylic acids is 1. The van der Waals surface area contributed by atoms with Gasteiger partial charge in [0, 0.05) is 34.5 Å². The van der Waals surface area contributed by atoms with Crippen molar-refractivity contribution in [2.24, 2.45) is 5.92 Å². The summed E-state index contributed by atoms with van der Waals surface area (Å²) in [5.74, 6) is -0.526. The maximum atomic E-state index is 12.1. The van der Waals surface area contributed by atoms with Crippen molar-refractivity contribution in [3.05, 3.63) is 55.6 Å². The first kappa shape index (κ1) is 22.1. The lowest BCUT2D eigenvalue weighted by atomic mass is 9.80. The van der Waals surface area contributed by atoms with Gasteiger partial charge in [0.15, 0.2) is 0 Å². The van der Waals surface area contributed by atoms with Crippen LogP contribution in [0.4, 0.5) is 0 Å². The van der Waals surface area contributed by atoms with Crippen molar-refractivity contribution in [1.82, 2.24) is 4.90 Å². The molecule has 1 saturated heterocycles. The van der Waals surface area contributed by atoms with Gasteiger partial charge in [-0.15, -0.1) is 0 Å². The number of hydrogen-bond acceptors (Lipinski definition) is 5. The molecule has 1 aromatic rings. The first-order valence-electron chi connectivity index (χ1n) is 10.0. The number of hydrogen-bond donors (Lipinski definition) is 0. The first-order chi connectivity index (χ1) is 13.9. The summed E-state index contributed by atoms with van der Waals surface area (Å²) in [6.45, 7) is 4.39. The molecule has 1 aliphatic heterocycles. The fourth-order valence-electron chi connectivity index (χ4n) is 4.37. The Morgan fingerprint density at radius 3 is 2.86 bits per heavy atom. The van der Waals surface area contributed by atoms with Crippen LogP contribution in [0.25, 0.3) is 0 Å². The predicted octanol–water partition coefficient (Wildman–Crippen LogP) is 4.72. The van der Waals surface area contributed by atoms with E-state index in [4.69, 9.17) is 27.9 Å². The van der Waals surface area contributed by atoms with Gasteiger partial charge in [0.25, 0.3) is 0 Å². The summed E-state index contributed by atoms with van der Waals surface area (Å²) in [6.07, 6.45) is 4.82. The molecule has 0 bridgehead atoms. The van der Waals surface area contributed by atoms with Crippen LogP contribution in [0.3, 0.4) is 0 Å². The van der Waals surface area contributed by atoms with Gasteiger partial charge < -0.3 is 4.74 Å². The molecule has 1 aromatic carbocycles. The lowest BCUT2D eigenvalue weighted by Crippen LogP contribution is -2.41. The molecule has 0 unspecified atom stereocenters. The quantitative estimate of drug-likeness (QED) is 0.277. The van der Waals surface area contributed by atoms with Gasteiger partial charge in [-0.3, -0.25) is 19.8 Å². The molecule has 1 aliphatic carbocycles. The molecule has 0 radical (unpaired) electrons. The lowest BCUT2D eigenvalue weighted by molar-refractivity contribution is -0.527. The molecule has 3 rings (SSSR count). The third-order valence-electron chi connectivity index (χ3n) is 5.78. The summed E-state index contributed by atoms with van der Waals surface area (Å²) < 4.78 is 5.16. The minimum absolute atomic E-state index is 0.111. The normalized spacial score (nSPS) is 25.3. The molecule has 0 N–H and O–H groups in total. The van der Waals surface area contributed by atoms with E-state index in [1.807, 2.05) is 6.92 Å². The Hall–Kier alpha value is -1.63. The molecular weight excluding hydrogens is 415 g/mol. The first-order valence-corrected chi connectivity index (χ1v) is 10.8. The molecule has 0 amide bonds. The van der Waals surface area contributed by atoms with E-state index in [-0.39, 0.29) is 22.7 Å². The molecule has 3 atom stereocenters. The number of likely N-dealkylation sites (tertiary alicyclic amines) is 1. The van der Waals surface area contributed by atoms with E-state index in [0.29, 0.717) is 42.6 Å². The largest absolute Gasteiger partial charge is 0.466 e. The Labute approximate surface area is 180 Å². The van der Waals surface area contributed by atoms with Crippen LogP contribution in [0.15, 0.2) is 29.8 Å². The van der Waals surface area contributed by atoms with Crippen molar-refractivity contribution >= 4 is 29.2 Å². The van der Waals surface area contributed by atoms with Crippen molar-refractivity contribution in [2.45, 2.75) is 44.6 Å². The number of allylic oxidation sites excluding steroid dienone is 1. The Kier molecular flexibility index (Phi) is 7.55. The summed E-state index contributed by atoms with van der Waals surface area (Å²) >= 11 is 12.3. The molecule has 29 heavy (non-hydrogen) atoms. The van der Waals surface area contributed by atoms with Crippen molar-refractivity contribution in [2.75, 3.05) is 26.2 Å². The number of nitro groups is 1. The standard InChI is InChI=1S/C21H26Cl2N2O4/c1-2-29-21(26)15-4-3-9-24(13-15)12-14-5-7-18(20(10-14)25(27)28)17-8-6-16(22)11-19(17)23/h5-6,8,11,15,18,20H,2-4,7,9-10,12-13H2,1H3/t15-,18+,20-/m1/s1. The third-order valence-corrected chi connectivity index (χ3v) is 6.34. The van der Waals surface area contributed by atoms with E-state index in [1.54, 1.807) is 18.2 Å². The second-order valence-electron chi connectivity index (χ2n) is 7.75. The predicted molar refractivity (Wildman–Crippen MR) is 113 cm³/mol. The average Bonchev–Trinajstić information content (AvgIpc) is 2.69. The minimum atomic E-state index is -0.723. The van der Waals surface area contributed by atoms with Crippen LogP contribution in [0.1, 0.15) is 44.1 Å². The van der Waals surface area contributed by atoms with Gasteiger partial charge in [0.1, 0.15) is 0 Å². The fourth-order valence-corrected chi connectivity index (χ4v) is 4.92. The topological polar surface area (TPSA) is 72.7 Å². The fraction of sp³-hybridized carbons (Fsp3) is 0.571. The van der Waals surface area contributed by atoms with Crippen LogP contribution in [-0.4, -0.2) is 48.1 Å². The number of benzene rings is 1. The molecule has 1 fully saturated rings. The Morgan fingerprint density at radius 1 is 1.38 bits per heavy atom. The summed E-state index contributed by atoms with van der Waals surface area (Å²) in [5, 5.41) is 12.8. The van der Waals surface area contributed by atoms with Crippen LogP contribution in [-0.2, 0) is 9.53 Å². The van der Waals surface area contributed by atoms with Crippen molar-refractivity contribution in [3.8, 4) is 0 Å². The SMILES string of the molecule is CCOC(=O)[C@@H]1CCCN(CC2=CC[C@@H](c3ccc(Cl)cc3Cl)[C@H]([N+](=O)[O-])C2)C1. The molecule has 0 saturated carbocycles. The Bertz CT molecular complexity index is 799. The van der Waals surface area contributed by atoms with E-state index in [2.05, 4.69) is 11.0 Å². The highest BCUT2D eigenvalue weighted by Gasteiger charge is 2.37. The van der Waals surface area contributed by atoms with Gasteiger partial charge >= 0.3 is 5.97 Å². The molecule has 1 heterocycles. The second kappa shape index (κ2) is 9.92. The lowest BCUT2D eigenvalue weighted by Gasteiger charge is -2.34. The molecular formula is C21H26Cl2N2O4. The molecule has 6 nitrogen and oxygen atoms in total. The third kappa shape index (κ3) is 5.50. The summed E-state index contributed by atoms with van der Waals surface area (Å²) in [4.78, 5) is 25.9. The smallest absolute Gasteiger partial charge is 0.310 e. The van der Waals surface area contributed by atoms with Crippen molar-refractivity contribution in [3.63, 3.8) is 0 Å². The number of piperidine rings is 1. The highest BCUT2D eigenvalue weighted by Crippen LogP contribution is 2.38. The van der Waals surface area contributed by atoms with Crippen molar-refractivity contribution in [1.29, 1.82) is 0 Å². The molecule has 158 valence electrons. The summed E-state index contributed by atoms with van der Waals surface area (Å²) in [6, 6.07) is 4.43. The number of esters is 1. The summed E-state index contributed by atoms with van der Waals surface area (Å²) in [5.41, 5.74) is 1.82. The highest BCUT2D eigenvalue weighted by molar-refractivity contribution is 6.35. The maximum Gasteiger partial charge on any atom is 0.310 e. The van der Waals surface area contributed by atoms with Crippen LogP contribution < -0.4 is 0 Å². The van der Waals surface area contributed by atoms with Gasteiger partial charge in [0.2, 0.25) is 6.04 Å². The van der Waals surface area contributed by atoms with Crippen molar-refractivity contribution < 1.29 is 14.5 Å². The average molecular weight is 441 g/mol. The monoisotopic (exact) mass is 440 g/mol. The Morgan fingerprint density at radius 2 is 2.17 bits per heavy atom. The van der Waals surface area contributed by atoms with Crippen LogP contribution >= 0.6 is 23.2 Å². The van der Waals surface area contributed by atoms with Gasteiger partial charge in [-0.05, 0) is 50.4 Å². The number of carbonyl (C=O) groups is 1. The second-order valence-corrected chi connectivity index (χ2v) is 8.60. The van der Waals surface area contributed by atoms with Crippen LogP contribution in [0.5, 0.6) is 0 Å². The minimum Gasteiger partial charge on any atom is -0.466 e. The van der Waals surface area contributed by atoms with Gasteiger partial charge in [-0.1, -0.05) is 40.9 Å². The van der Waals surface area contributed by atoms with Gasteiger partial charge in [-0.2, -0.15) is 0 Å². The summed E-state index contributed by atoms with van der Waals surface area (Å²) in [7, 11) is 0. The van der Waals surface area contributed by atoms with Crippen LogP contribution in [0.2, 0.25) is 10.0 Å². The number of ether oxygens (including phenoxy) is 1. The number of nitrogens with zero attached hydrogens (tertiary/aromatic N) is 2. The molecule has 8 heteroatoms. The zero-order valence-electron chi connectivity index (χ0n) is 16.5. The van der Waals surface area contributed by atoms with Gasteiger partial charge in [0.05, 0.1) is 18.4 Å². The maximum absolute atomic E-state index is 12.1. The zero-order valence-corrected chi connectivity index (χ0v) is 18.0. The van der Waals surface area contributed by atoms with E-state index in [9.17, 15) is 14.9 Å². The molecule has 2 aliphatic rings. The zero-order chi connectivity index (χ0) is 21.0. The van der Waals surface area contributed by atoms with E-state index >= 15 is 0 Å². The van der Waals surface area contributed by atoms with Crippen LogP contribution in [0, 0.1) is 16.0 Å². The number of halogens is 2. The van der Waals surface area contributed by atoms with E-state index < -0.39 is 6.04 Å². The van der Waals surface area contributed by atoms with E-state index in [1.165, 1.54) is 0 Å². The molecule has 0 spiro atoms. The molecule has 0 aromatic heterocycles. The highest BCUT2D eigenvalue weighted by atomic mass is 35.5. The van der Waals surface area contributed by atoms with E-state index in [0.717, 1.165) is 30.5 Å². The number of rotatable bonds is 6. The van der Waals surface area contributed by atoms with Gasteiger partial charge in [-0.25, -0.2) is 0 Å².